The molecule has 0 aliphatic rings. The molecule has 0 radical (unpaired) electrons. The van der Waals surface area contributed by atoms with E-state index in [9.17, 15) is 0 Å². The van der Waals surface area contributed by atoms with Gasteiger partial charge in [0.1, 0.15) is 11.5 Å². The molecule has 0 saturated heterocycles. The van der Waals surface area contributed by atoms with E-state index in [4.69, 9.17) is 15.2 Å². The maximum atomic E-state index is 6.12. The maximum Gasteiger partial charge on any atom is 0.118 e. The van der Waals surface area contributed by atoms with Gasteiger partial charge >= 0.3 is 0 Å². The second-order valence-electron chi connectivity index (χ2n) is 7.18. The average molecular weight is 428 g/mol. The number of benzene rings is 4. The van der Waals surface area contributed by atoms with Crippen LogP contribution in [0.3, 0.4) is 0 Å². The second kappa shape index (κ2) is 9.19. The molecule has 0 unspecified atom stereocenters. The van der Waals surface area contributed by atoms with Crippen LogP contribution < -0.4 is 15.2 Å². The number of hydrogen-bond acceptors (Lipinski definition) is 4. The van der Waals surface area contributed by atoms with Crippen molar-refractivity contribution in [1.29, 1.82) is 0 Å². The highest BCUT2D eigenvalue weighted by Crippen LogP contribution is 2.52. The minimum absolute atomic E-state index is 0.492. The average Bonchev–Trinajstić information content (AvgIpc) is 2.83. The molecule has 0 saturated carbocycles. The Labute approximate surface area is 187 Å². The van der Waals surface area contributed by atoms with E-state index < -0.39 is 4.75 Å². The van der Waals surface area contributed by atoms with Gasteiger partial charge in [-0.2, -0.15) is 0 Å². The topological polar surface area (TPSA) is 44.5 Å². The minimum Gasteiger partial charge on any atom is -0.497 e. The Morgan fingerprint density at radius 2 is 1.13 bits per heavy atom. The third-order valence-corrected chi connectivity index (χ3v) is 6.81. The monoisotopic (exact) mass is 427 g/mol. The number of methoxy groups -OCH3 is 2. The third-order valence-electron chi connectivity index (χ3n) is 5.30. The SMILES string of the molecule is COc1ccc(C(Sc2cccc(N)c2)(c2ccccc2)c2ccc(OC)cc2)cc1. The van der Waals surface area contributed by atoms with E-state index in [0.717, 1.165) is 33.2 Å². The van der Waals surface area contributed by atoms with Crippen LogP contribution in [0.4, 0.5) is 5.69 Å². The third kappa shape index (κ3) is 4.25. The quantitative estimate of drug-likeness (QED) is 0.211. The first-order valence-electron chi connectivity index (χ1n) is 10.0. The van der Waals surface area contributed by atoms with Crippen molar-refractivity contribution in [2.24, 2.45) is 0 Å². The first kappa shape index (κ1) is 20.9. The summed E-state index contributed by atoms with van der Waals surface area (Å²) >= 11 is 1.77. The summed E-state index contributed by atoms with van der Waals surface area (Å²) in [4.78, 5) is 1.09. The van der Waals surface area contributed by atoms with Crippen molar-refractivity contribution in [3.63, 3.8) is 0 Å². The first-order chi connectivity index (χ1) is 15.2. The molecule has 31 heavy (non-hydrogen) atoms. The normalized spacial score (nSPS) is 11.2. The van der Waals surface area contributed by atoms with Crippen LogP contribution >= 0.6 is 11.8 Å². The van der Waals surface area contributed by atoms with E-state index >= 15 is 0 Å². The lowest BCUT2D eigenvalue weighted by atomic mass is 9.84. The minimum atomic E-state index is -0.492. The predicted molar refractivity (Wildman–Crippen MR) is 129 cm³/mol. The van der Waals surface area contributed by atoms with Crippen LogP contribution in [0.15, 0.2) is 108 Å². The van der Waals surface area contributed by atoms with Gasteiger partial charge in [0.15, 0.2) is 0 Å². The molecule has 0 amide bonds. The van der Waals surface area contributed by atoms with Gasteiger partial charge in [0, 0.05) is 10.6 Å². The molecule has 2 N–H and O–H groups in total. The van der Waals surface area contributed by atoms with Crippen molar-refractivity contribution in [3.05, 3.63) is 120 Å². The Balaban J connectivity index is 1.98. The Morgan fingerprint density at radius 1 is 0.613 bits per heavy atom. The Hall–Kier alpha value is -3.37. The molecular weight excluding hydrogens is 402 g/mol. The van der Waals surface area contributed by atoms with E-state index in [1.165, 1.54) is 5.56 Å². The summed E-state index contributed by atoms with van der Waals surface area (Å²) in [5, 5.41) is 0. The molecule has 0 fully saturated rings. The molecule has 0 aliphatic heterocycles. The van der Waals surface area contributed by atoms with Gasteiger partial charge in [0.2, 0.25) is 0 Å². The molecule has 4 rings (SSSR count). The summed E-state index contributed by atoms with van der Waals surface area (Å²) in [6.07, 6.45) is 0. The lowest BCUT2D eigenvalue weighted by Crippen LogP contribution is -2.25. The zero-order valence-corrected chi connectivity index (χ0v) is 18.4. The van der Waals surface area contributed by atoms with Crippen LogP contribution in [0.1, 0.15) is 16.7 Å². The second-order valence-corrected chi connectivity index (χ2v) is 8.47. The molecule has 0 aliphatic carbocycles. The van der Waals surface area contributed by atoms with Gasteiger partial charge in [-0.15, -0.1) is 11.8 Å². The summed E-state index contributed by atoms with van der Waals surface area (Å²) in [6, 6.07) is 35.2. The van der Waals surface area contributed by atoms with Gasteiger partial charge in [-0.3, -0.25) is 0 Å². The van der Waals surface area contributed by atoms with Gasteiger partial charge in [-0.05, 0) is 59.2 Å². The van der Waals surface area contributed by atoms with Gasteiger partial charge in [0.05, 0.1) is 19.0 Å². The highest BCUT2D eigenvalue weighted by Gasteiger charge is 2.38. The number of nitrogen functional groups attached to an aromatic ring is 1. The smallest absolute Gasteiger partial charge is 0.118 e. The van der Waals surface area contributed by atoms with Crippen molar-refractivity contribution < 1.29 is 9.47 Å². The van der Waals surface area contributed by atoms with Gasteiger partial charge < -0.3 is 15.2 Å². The summed E-state index contributed by atoms with van der Waals surface area (Å²) in [5.41, 5.74) is 10.3. The molecule has 0 heterocycles. The lowest BCUT2D eigenvalue weighted by molar-refractivity contribution is 0.414. The van der Waals surface area contributed by atoms with E-state index in [1.807, 2.05) is 48.5 Å². The van der Waals surface area contributed by atoms with Gasteiger partial charge in [0.25, 0.3) is 0 Å². The molecule has 0 atom stereocenters. The van der Waals surface area contributed by atoms with Crippen LogP contribution in [0, 0.1) is 0 Å². The van der Waals surface area contributed by atoms with Crippen molar-refractivity contribution in [2.45, 2.75) is 9.64 Å². The fourth-order valence-electron chi connectivity index (χ4n) is 3.76. The molecule has 4 aromatic carbocycles. The van der Waals surface area contributed by atoms with Gasteiger partial charge in [-0.1, -0.05) is 60.7 Å². The zero-order valence-electron chi connectivity index (χ0n) is 17.6. The Bertz CT molecular complexity index is 1080. The summed E-state index contributed by atoms with van der Waals surface area (Å²) in [7, 11) is 3.37. The fraction of sp³-hybridized carbons (Fsp3) is 0.111. The number of thioether (sulfide) groups is 1. The molecule has 4 heteroatoms. The van der Waals surface area contributed by atoms with E-state index in [0.29, 0.717) is 0 Å². The molecule has 3 nitrogen and oxygen atoms in total. The number of rotatable bonds is 7. The molecular formula is C27H25NO2S. The van der Waals surface area contributed by atoms with Gasteiger partial charge in [-0.25, -0.2) is 0 Å². The van der Waals surface area contributed by atoms with Crippen LogP contribution in [0.2, 0.25) is 0 Å². The number of nitrogens with two attached hydrogens (primary N) is 1. The molecule has 0 aromatic heterocycles. The largest absolute Gasteiger partial charge is 0.497 e. The molecule has 0 spiro atoms. The summed E-state index contributed by atoms with van der Waals surface area (Å²) < 4.78 is 10.3. The van der Waals surface area contributed by atoms with Crippen LogP contribution in [0.5, 0.6) is 11.5 Å². The number of hydrogen-bond donors (Lipinski definition) is 1. The van der Waals surface area contributed by atoms with Crippen LogP contribution in [-0.2, 0) is 4.75 Å². The van der Waals surface area contributed by atoms with E-state index in [1.54, 1.807) is 26.0 Å². The van der Waals surface area contributed by atoms with E-state index in [-0.39, 0.29) is 0 Å². The van der Waals surface area contributed by atoms with Crippen molar-refractivity contribution in [2.75, 3.05) is 20.0 Å². The van der Waals surface area contributed by atoms with E-state index in [2.05, 4.69) is 54.6 Å². The zero-order chi connectivity index (χ0) is 21.7. The standard InChI is InChI=1S/C27H25NO2S/c1-29-24-15-11-21(12-16-24)27(20-7-4-3-5-8-20,22-13-17-25(30-2)18-14-22)31-26-10-6-9-23(28)19-26/h3-19H,28H2,1-2H3. The maximum absolute atomic E-state index is 6.12. The number of anilines is 1. The molecule has 0 bridgehead atoms. The van der Waals surface area contributed by atoms with Crippen molar-refractivity contribution in [3.8, 4) is 11.5 Å². The van der Waals surface area contributed by atoms with Crippen molar-refractivity contribution >= 4 is 17.4 Å². The Morgan fingerprint density at radius 3 is 1.61 bits per heavy atom. The summed E-state index contributed by atoms with van der Waals surface area (Å²) in [5.74, 6) is 1.66. The predicted octanol–water partition coefficient (Wildman–Crippen LogP) is 6.37. The summed E-state index contributed by atoms with van der Waals surface area (Å²) in [6.45, 7) is 0. The lowest BCUT2D eigenvalue weighted by Gasteiger charge is -2.35. The molecule has 156 valence electrons. The highest BCUT2D eigenvalue weighted by atomic mass is 32.2. The first-order valence-corrected chi connectivity index (χ1v) is 10.9. The van der Waals surface area contributed by atoms with Crippen LogP contribution in [-0.4, -0.2) is 14.2 Å². The highest BCUT2D eigenvalue weighted by molar-refractivity contribution is 8.00. The fourth-order valence-corrected chi connectivity index (χ4v) is 5.21. The number of ether oxygens (including phenoxy) is 2. The van der Waals surface area contributed by atoms with Crippen molar-refractivity contribution in [1.82, 2.24) is 0 Å². The van der Waals surface area contributed by atoms with Crippen LogP contribution in [0.25, 0.3) is 0 Å². The Kier molecular flexibility index (Phi) is 6.19. The molecule has 4 aromatic rings.